The van der Waals surface area contributed by atoms with Crippen molar-refractivity contribution in [2.24, 2.45) is 0 Å². The van der Waals surface area contributed by atoms with Crippen molar-refractivity contribution in [3.05, 3.63) is 52.1 Å². The Morgan fingerprint density at radius 3 is 2.71 bits per heavy atom. The van der Waals surface area contributed by atoms with Gasteiger partial charge in [-0.25, -0.2) is 4.79 Å². The summed E-state index contributed by atoms with van der Waals surface area (Å²) >= 11 is 3.72. The number of nitrogens with zero attached hydrogens (tertiary/aromatic N) is 1. The number of rotatable bonds is 6. The van der Waals surface area contributed by atoms with Crippen LogP contribution in [0.15, 0.2) is 48.5 Å². The number of urea groups is 1. The number of carbonyl (C=O) groups is 1. The molecule has 3 N–H and O–H groups in total. The molecular weight excluding hydrogens is 435 g/mol. The highest BCUT2D eigenvalue weighted by Gasteiger charge is 2.04. The van der Waals surface area contributed by atoms with Gasteiger partial charge >= 0.3 is 6.03 Å². The van der Waals surface area contributed by atoms with Crippen LogP contribution < -0.4 is 16.0 Å². The van der Waals surface area contributed by atoms with E-state index >= 15 is 0 Å². The fraction of sp³-hybridized carbons (Fsp3) is 0.176. The SMILES string of the molecule is O=C(NCCCNc1nsc2ccccc12)Nc1ccc(I)cc1. The van der Waals surface area contributed by atoms with Gasteiger partial charge in [-0.2, -0.15) is 4.37 Å². The molecule has 0 saturated carbocycles. The third kappa shape index (κ3) is 4.57. The first-order valence-electron chi connectivity index (χ1n) is 7.61. The zero-order chi connectivity index (χ0) is 16.8. The maximum absolute atomic E-state index is 11.8. The number of nitrogens with one attached hydrogen (secondary N) is 3. The lowest BCUT2D eigenvalue weighted by Gasteiger charge is -2.08. The maximum atomic E-state index is 11.8. The highest BCUT2D eigenvalue weighted by atomic mass is 127. The number of aromatic nitrogens is 1. The van der Waals surface area contributed by atoms with Crippen molar-refractivity contribution in [1.29, 1.82) is 0 Å². The van der Waals surface area contributed by atoms with Crippen LogP contribution in [0.4, 0.5) is 16.3 Å². The van der Waals surface area contributed by atoms with Gasteiger partial charge in [-0.05, 0) is 76.9 Å². The summed E-state index contributed by atoms with van der Waals surface area (Å²) in [7, 11) is 0. The molecule has 3 rings (SSSR count). The lowest BCUT2D eigenvalue weighted by Crippen LogP contribution is -2.30. The summed E-state index contributed by atoms with van der Waals surface area (Å²) in [5, 5.41) is 10.1. The van der Waals surface area contributed by atoms with Gasteiger partial charge < -0.3 is 16.0 Å². The van der Waals surface area contributed by atoms with Crippen LogP contribution in [0.3, 0.4) is 0 Å². The number of fused-ring (bicyclic) bond motifs is 1. The van der Waals surface area contributed by atoms with Crippen LogP contribution in [0.5, 0.6) is 0 Å². The molecule has 1 heterocycles. The van der Waals surface area contributed by atoms with Gasteiger partial charge in [0.1, 0.15) is 5.82 Å². The van der Waals surface area contributed by atoms with Crippen molar-refractivity contribution in [3.8, 4) is 0 Å². The molecule has 124 valence electrons. The van der Waals surface area contributed by atoms with Gasteiger partial charge in [0.05, 0.1) is 4.70 Å². The van der Waals surface area contributed by atoms with Crippen LogP contribution >= 0.6 is 34.1 Å². The van der Waals surface area contributed by atoms with E-state index in [1.807, 2.05) is 36.4 Å². The van der Waals surface area contributed by atoms with E-state index < -0.39 is 0 Å². The second-order valence-corrected chi connectivity index (χ2v) is 7.25. The minimum Gasteiger partial charge on any atom is -0.369 e. The summed E-state index contributed by atoms with van der Waals surface area (Å²) in [5.41, 5.74) is 0.792. The Balaban J connectivity index is 1.38. The topological polar surface area (TPSA) is 66.0 Å². The van der Waals surface area contributed by atoms with Crippen molar-refractivity contribution >= 4 is 61.7 Å². The maximum Gasteiger partial charge on any atom is 0.319 e. The molecule has 0 aliphatic heterocycles. The van der Waals surface area contributed by atoms with Gasteiger partial charge in [-0.15, -0.1) is 0 Å². The van der Waals surface area contributed by atoms with Crippen LogP contribution in [0.25, 0.3) is 10.1 Å². The third-order valence-electron chi connectivity index (χ3n) is 3.41. The van der Waals surface area contributed by atoms with Crippen molar-refractivity contribution in [3.63, 3.8) is 0 Å². The Hall–Kier alpha value is -1.87. The lowest BCUT2D eigenvalue weighted by atomic mass is 10.2. The van der Waals surface area contributed by atoms with Crippen molar-refractivity contribution in [2.45, 2.75) is 6.42 Å². The molecule has 0 aliphatic carbocycles. The molecule has 0 atom stereocenters. The number of benzene rings is 2. The molecular formula is C17H17IN4OS. The first-order chi connectivity index (χ1) is 11.7. The largest absolute Gasteiger partial charge is 0.369 e. The highest BCUT2D eigenvalue weighted by Crippen LogP contribution is 2.25. The second kappa shape index (κ2) is 8.29. The van der Waals surface area contributed by atoms with E-state index in [0.717, 1.165) is 33.4 Å². The number of carbonyl (C=O) groups excluding carboxylic acids is 1. The first-order valence-corrected chi connectivity index (χ1v) is 9.46. The minimum absolute atomic E-state index is 0.185. The number of hydrogen-bond acceptors (Lipinski definition) is 4. The molecule has 0 aliphatic rings. The second-order valence-electron chi connectivity index (χ2n) is 5.20. The summed E-state index contributed by atoms with van der Waals surface area (Å²) in [6.07, 6.45) is 0.825. The fourth-order valence-corrected chi connectivity index (χ4v) is 3.33. The molecule has 7 heteroatoms. The number of hydrogen-bond donors (Lipinski definition) is 3. The third-order valence-corrected chi connectivity index (χ3v) is 4.96. The zero-order valence-corrected chi connectivity index (χ0v) is 15.9. The van der Waals surface area contributed by atoms with E-state index in [4.69, 9.17) is 0 Å². The zero-order valence-electron chi connectivity index (χ0n) is 12.9. The summed E-state index contributed by atoms with van der Waals surface area (Å²) in [6, 6.07) is 15.7. The van der Waals surface area contributed by atoms with Gasteiger partial charge in [0.2, 0.25) is 0 Å². The predicted octanol–water partition coefficient (Wildman–Crippen LogP) is 4.52. The molecule has 1 aromatic heterocycles. The van der Waals surface area contributed by atoms with E-state index in [1.54, 1.807) is 0 Å². The molecule has 0 radical (unpaired) electrons. The number of anilines is 2. The predicted molar refractivity (Wildman–Crippen MR) is 109 cm³/mol. The van der Waals surface area contributed by atoms with E-state index in [0.29, 0.717) is 6.54 Å². The van der Waals surface area contributed by atoms with E-state index in [9.17, 15) is 4.79 Å². The Morgan fingerprint density at radius 1 is 1.08 bits per heavy atom. The van der Waals surface area contributed by atoms with Crippen molar-refractivity contribution in [2.75, 3.05) is 23.7 Å². The van der Waals surface area contributed by atoms with Crippen LogP contribution in [0.1, 0.15) is 6.42 Å². The van der Waals surface area contributed by atoms with Gasteiger partial charge in [0.15, 0.2) is 0 Å². The first kappa shape index (κ1) is 17.0. The molecule has 5 nitrogen and oxygen atoms in total. The van der Waals surface area contributed by atoms with E-state index in [1.165, 1.54) is 16.2 Å². The Labute approximate surface area is 158 Å². The van der Waals surface area contributed by atoms with Gasteiger partial charge in [0.25, 0.3) is 0 Å². The Bertz CT molecular complexity index is 819. The van der Waals surface area contributed by atoms with Crippen molar-refractivity contribution < 1.29 is 4.79 Å². The standard InChI is InChI=1S/C17H17IN4OS/c18-12-6-8-13(9-7-12)21-17(23)20-11-3-10-19-16-14-4-1-2-5-15(14)24-22-16/h1-2,4-9H,3,10-11H2,(H,19,22)(H2,20,21,23). The van der Waals surface area contributed by atoms with E-state index in [2.05, 4.69) is 55.0 Å². The Kier molecular flexibility index (Phi) is 5.86. The molecule has 24 heavy (non-hydrogen) atoms. The molecule has 0 fully saturated rings. The smallest absolute Gasteiger partial charge is 0.319 e. The van der Waals surface area contributed by atoms with Gasteiger partial charge in [-0.1, -0.05) is 12.1 Å². The van der Waals surface area contributed by atoms with Crippen LogP contribution in [0.2, 0.25) is 0 Å². The summed E-state index contributed by atoms with van der Waals surface area (Å²) in [6.45, 7) is 1.36. The lowest BCUT2D eigenvalue weighted by molar-refractivity contribution is 0.252. The van der Waals surface area contributed by atoms with Crippen LogP contribution in [-0.2, 0) is 0 Å². The van der Waals surface area contributed by atoms with Gasteiger partial charge in [0, 0.05) is 27.7 Å². The average molecular weight is 452 g/mol. The monoisotopic (exact) mass is 452 g/mol. The average Bonchev–Trinajstić information content (AvgIpc) is 3.00. The summed E-state index contributed by atoms with van der Waals surface area (Å²) < 4.78 is 6.74. The molecule has 2 amide bonds. The Morgan fingerprint density at radius 2 is 1.88 bits per heavy atom. The minimum atomic E-state index is -0.185. The van der Waals surface area contributed by atoms with Crippen LogP contribution in [0, 0.1) is 3.57 Å². The fourth-order valence-electron chi connectivity index (χ4n) is 2.22. The molecule has 3 aromatic rings. The van der Waals surface area contributed by atoms with E-state index in [-0.39, 0.29) is 6.03 Å². The molecule has 0 saturated heterocycles. The molecule has 0 unspecified atom stereocenters. The summed E-state index contributed by atoms with van der Waals surface area (Å²) in [4.78, 5) is 11.8. The number of amides is 2. The summed E-state index contributed by atoms with van der Waals surface area (Å²) in [5.74, 6) is 0.916. The molecule has 0 bridgehead atoms. The van der Waals surface area contributed by atoms with Crippen LogP contribution in [-0.4, -0.2) is 23.5 Å². The number of halogens is 1. The quantitative estimate of drug-likeness (QED) is 0.381. The normalized spacial score (nSPS) is 10.5. The molecule has 0 spiro atoms. The van der Waals surface area contributed by atoms with Gasteiger partial charge in [-0.3, -0.25) is 0 Å². The molecule has 2 aromatic carbocycles. The van der Waals surface area contributed by atoms with Crippen molar-refractivity contribution in [1.82, 2.24) is 9.69 Å². The highest BCUT2D eigenvalue weighted by molar-refractivity contribution is 14.1.